The number of rotatable bonds is 1. The predicted octanol–water partition coefficient (Wildman–Crippen LogP) is -0.557. The summed E-state index contributed by atoms with van der Waals surface area (Å²) in [5.41, 5.74) is 0. The summed E-state index contributed by atoms with van der Waals surface area (Å²) < 4.78 is 1.99. The first kappa shape index (κ1) is 5.85. The Hall–Kier alpha value is -0.900. The van der Waals surface area contributed by atoms with Crippen LogP contribution >= 0.6 is 0 Å². The average molecular weight is 139 g/mol. The van der Waals surface area contributed by atoms with Gasteiger partial charge in [-0.15, -0.1) is 10.2 Å². The van der Waals surface area contributed by atoms with E-state index in [4.69, 9.17) is 5.11 Å². The second kappa shape index (κ2) is 2.05. The third-order valence-electron chi connectivity index (χ3n) is 1.88. The van der Waals surface area contributed by atoms with Crippen LogP contribution in [0, 0.1) is 5.92 Å². The van der Waals surface area contributed by atoms with E-state index in [1.54, 1.807) is 6.33 Å². The molecule has 1 N–H and O–H groups in total. The first-order chi connectivity index (χ1) is 4.90. The van der Waals surface area contributed by atoms with E-state index in [9.17, 15) is 0 Å². The van der Waals surface area contributed by atoms with E-state index in [2.05, 4.69) is 10.2 Å². The molecule has 1 aliphatic heterocycles. The van der Waals surface area contributed by atoms with Gasteiger partial charge in [0, 0.05) is 25.5 Å². The van der Waals surface area contributed by atoms with Crippen LogP contribution in [0.25, 0.3) is 0 Å². The highest BCUT2D eigenvalue weighted by molar-refractivity contribution is 4.94. The van der Waals surface area contributed by atoms with Gasteiger partial charge in [-0.25, -0.2) is 0 Å². The van der Waals surface area contributed by atoms with E-state index in [-0.39, 0.29) is 6.61 Å². The number of hydrogen-bond donors (Lipinski definition) is 1. The number of fused-ring (bicyclic) bond motifs is 1. The molecule has 2 rings (SSSR count). The third-order valence-corrected chi connectivity index (χ3v) is 1.88. The van der Waals surface area contributed by atoms with E-state index in [0.717, 1.165) is 18.8 Å². The van der Waals surface area contributed by atoms with Crippen LogP contribution in [-0.4, -0.2) is 26.5 Å². The average Bonchev–Trinajstić information content (AvgIpc) is 2.42. The summed E-state index contributed by atoms with van der Waals surface area (Å²) in [6.07, 6.45) is 2.58. The maximum Gasteiger partial charge on any atom is 0.133 e. The van der Waals surface area contributed by atoms with Gasteiger partial charge >= 0.3 is 0 Å². The van der Waals surface area contributed by atoms with Crippen molar-refractivity contribution in [3.63, 3.8) is 0 Å². The second-order valence-electron chi connectivity index (χ2n) is 2.65. The standard InChI is InChI=1S/C6H9N3O/c10-3-5-1-6-8-7-4-9(6)2-5/h4-5,10H,1-3H2. The molecule has 1 atom stereocenters. The molecule has 0 radical (unpaired) electrons. The number of nitrogens with zero attached hydrogens (tertiary/aromatic N) is 3. The molecule has 0 bridgehead atoms. The highest BCUT2D eigenvalue weighted by atomic mass is 16.3. The number of hydrogen-bond acceptors (Lipinski definition) is 3. The van der Waals surface area contributed by atoms with Crippen LogP contribution in [0.2, 0.25) is 0 Å². The monoisotopic (exact) mass is 139 g/mol. The van der Waals surface area contributed by atoms with Gasteiger partial charge < -0.3 is 9.67 Å². The summed E-state index contributed by atoms with van der Waals surface area (Å²) in [6, 6.07) is 0. The highest BCUT2D eigenvalue weighted by Gasteiger charge is 2.21. The smallest absolute Gasteiger partial charge is 0.133 e. The summed E-state index contributed by atoms with van der Waals surface area (Å²) in [4.78, 5) is 0. The zero-order valence-electron chi connectivity index (χ0n) is 5.56. The molecule has 0 saturated carbocycles. The van der Waals surface area contributed by atoms with Crippen molar-refractivity contribution < 1.29 is 5.11 Å². The van der Waals surface area contributed by atoms with Gasteiger partial charge in [0.25, 0.3) is 0 Å². The van der Waals surface area contributed by atoms with E-state index >= 15 is 0 Å². The van der Waals surface area contributed by atoms with Crippen LogP contribution in [0.4, 0.5) is 0 Å². The Morgan fingerprint density at radius 1 is 1.80 bits per heavy atom. The number of aliphatic hydroxyl groups is 1. The van der Waals surface area contributed by atoms with Crippen LogP contribution in [0.15, 0.2) is 6.33 Å². The fraction of sp³-hybridized carbons (Fsp3) is 0.667. The van der Waals surface area contributed by atoms with Crippen molar-refractivity contribution in [1.82, 2.24) is 14.8 Å². The van der Waals surface area contributed by atoms with Gasteiger partial charge in [0.05, 0.1) is 0 Å². The molecule has 1 aliphatic rings. The second-order valence-corrected chi connectivity index (χ2v) is 2.65. The number of aromatic nitrogens is 3. The fourth-order valence-electron chi connectivity index (χ4n) is 1.31. The van der Waals surface area contributed by atoms with Gasteiger partial charge in [-0.2, -0.15) is 0 Å². The molecule has 0 amide bonds. The molecule has 54 valence electrons. The Morgan fingerprint density at radius 2 is 2.70 bits per heavy atom. The molecule has 0 spiro atoms. The Balaban J connectivity index is 2.21. The summed E-state index contributed by atoms with van der Waals surface area (Å²) >= 11 is 0. The lowest BCUT2D eigenvalue weighted by atomic mass is 10.1. The minimum absolute atomic E-state index is 0.253. The molecule has 0 saturated heterocycles. The maximum absolute atomic E-state index is 8.80. The highest BCUT2D eigenvalue weighted by Crippen LogP contribution is 2.16. The molecule has 2 heterocycles. The Kier molecular flexibility index (Phi) is 1.20. The van der Waals surface area contributed by atoms with E-state index in [0.29, 0.717) is 5.92 Å². The van der Waals surface area contributed by atoms with Crippen LogP contribution in [-0.2, 0) is 13.0 Å². The molecule has 10 heavy (non-hydrogen) atoms. The van der Waals surface area contributed by atoms with Crippen molar-refractivity contribution in [2.45, 2.75) is 13.0 Å². The van der Waals surface area contributed by atoms with Gasteiger partial charge in [-0.05, 0) is 0 Å². The molecule has 0 aromatic carbocycles. The van der Waals surface area contributed by atoms with Crippen LogP contribution in [0.5, 0.6) is 0 Å². The minimum atomic E-state index is 0.253. The molecule has 0 aliphatic carbocycles. The van der Waals surface area contributed by atoms with Gasteiger partial charge in [-0.1, -0.05) is 0 Å². The first-order valence-corrected chi connectivity index (χ1v) is 3.37. The van der Waals surface area contributed by atoms with E-state index in [1.165, 1.54) is 0 Å². The van der Waals surface area contributed by atoms with Crippen LogP contribution in [0.1, 0.15) is 5.82 Å². The normalized spacial score (nSPS) is 23.1. The zero-order valence-corrected chi connectivity index (χ0v) is 5.56. The Morgan fingerprint density at radius 3 is 3.40 bits per heavy atom. The summed E-state index contributed by atoms with van der Waals surface area (Å²) in [5.74, 6) is 1.37. The van der Waals surface area contributed by atoms with Crippen LogP contribution < -0.4 is 0 Å². The third kappa shape index (κ3) is 0.724. The van der Waals surface area contributed by atoms with E-state index < -0.39 is 0 Å². The molecule has 1 aromatic heterocycles. The fourth-order valence-corrected chi connectivity index (χ4v) is 1.31. The Labute approximate surface area is 58.5 Å². The molecule has 0 fully saturated rings. The molecular weight excluding hydrogens is 130 g/mol. The molecule has 4 nitrogen and oxygen atoms in total. The van der Waals surface area contributed by atoms with Crippen molar-refractivity contribution in [3.05, 3.63) is 12.2 Å². The SMILES string of the molecule is OCC1Cc2nncn2C1. The van der Waals surface area contributed by atoms with Crippen LogP contribution in [0.3, 0.4) is 0 Å². The van der Waals surface area contributed by atoms with Crippen molar-refractivity contribution in [2.75, 3.05) is 6.61 Å². The first-order valence-electron chi connectivity index (χ1n) is 3.37. The van der Waals surface area contributed by atoms with Crippen molar-refractivity contribution >= 4 is 0 Å². The lowest BCUT2D eigenvalue weighted by molar-refractivity contribution is 0.224. The Bertz CT molecular complexity index is 212. The molecular formula is C6H9N3O. The summed E-state index contributed by atoms with van der Waals surface area (Å²) in [7, 11) is 0. The van der Waals surface area contributed by atoms with Gasteiger partial charge in [0.15, 0.2) is 0 Å². The lowest BCUT2D eigenvalue weighted by Gasteiger charge is -2.00. The quantitative estimate of drug-likeness (QED) is 0.567. The van der Waals surface area contributed by atoms with Crippen molar-refractivity contribution in [1.29, 1.82) is 0 Å². The largest absolute Gasteiger partial charge is 0.396 e. The van der Waals surface area contributed by atoms with Crippen molar-refractivity contribution in [3.8, 4) is 0 Å². The van der Waals surface area contributed by atoms with Gasteiger partial charge in [-0.3, -0.25) is 0 Å². The minimum Gasteiger partial charge on any atom is -0.396 e. The van der Waals surface area contributed by atoms with E-state index in [1.807, 2.05) is 4.57 Å². The van der Waals surface area contributed by atoms with Crippen molar-refractivity contribution in [2.24, 2.45) is 5.92 Å². The molecule has 4 heteroatoms. The molecule has 1 aromatic rings. The topological polar surface area (TPSA) is 50.9 Å². The molecule has 1 unspecified atom stereocenters. The lowest BCUT2D eigenvalue weighted by Crippen LogP contribution is -2.06. The summed E-state index contributed by atoms with van der Waals surface area (Å²) in [6.45, 7) is 1.13. The van der Waals surface area contributed by atoms with Gasteiger partial charge in [0.1, 0.15) is 12.2 Å². The summed E-state index contributed by atoms with van der Waals surface area (Å²) in [5, 5.41) is 16.4. The zero-order chi connectivity index (χ0) is 6.97. The van der Waals surface area contributed by atoms with Gasteiger partial charge in [0.2, 0.25) is 0 Å². The predicted molar refractivity (Wildman–Crippen MR) is 34.3 cm³/mol. The maximum atomic E-state index is 8.80. The number of aliphatic hydroxyl groups excluding tert-OH is 1.